The molecule has 32 heavy (non-hydrogen) atoms. The van der Waals surface area contributed by atoms with E-state index in [-0.39, 0.29) is 0 Å². The van der Waals surface area contributed by atoms with Crippen LogP contribution in [-0.2, 0) is 5.88 Å². The first-order chi connectivity index (χ1) is 15.7. The topological polar surface area (TPSA) is 82.5 Å². The third-order valence-corrected chi connectivity index (χ3v) is 5.17. The van der Waals surface area contributed by atoms with Crippen LogP contribution in [0.1, 0.15) is 19.4 Å². The zero-order valence-electron chi connectivity index (χ0n) is 17.9. The van der Waals surface area contributed by atoms with Gasteiger partial charge in [0.15, 0.2) is 11.5 Å². The zero-order chi connectivity index (χ0) is 22.5. The molecule has 4 heterocycles. The number of pyridine rings is 3. The van der Waals surface area contributed by atoms with Crippen molar-refractivity contribution in [3.05, 3.63) is 84.7 Å². The molecule has 0 aliphatic heterocycles. The minimum absolute atomic E-state index is 0.413. The Morgan fingerprint density at radius 3 is 2.28 bits per heavy atom. The maximum atomic E-state index is 6.18. The van der Waals surface area contributed by atoms with E-state index in [4.69, 9.17) is 27.3 Å². The van der Waals surface area contributed by atoms with Gasteiger partial charge in [0.1, 0.15) is 11.3 Å². The van der Waals surface area contributed by atoms with Crippen LogP contribution < -0.4 is 5.73 Å². The lowest BCUT2D eigenvalue weighted by molar-refractivity contribution is 1.07. The fraction of sp³-hybridized carbons (Fsp3) is 0.120. The molecule has 0 saturated heterocycles. The summed E-state index contributed by atoms with van der Waals surface area (Å²) in [5.41, 5.74) is 11.9. The Labute approximate surface area is 191 Å². The highest BCUT2D eigenvalue weighted by Gasteiger charge is 2.18. The van der Waals surface area contributed by atoms with Crippen molar-refractivity contribution in [2.24, 2.45) is 0 Å². The molecule has 0 aliphatic rings. The van der Waals surface area contributed by atoms with Crippen LogP contribution in [0, 0.1) is 0 Å². The zero-order valence-corrected chi connectivity index (χ0v) is 18.7. The molecule has 0 aliphatic carbocycles. The van der Waals surface area contributed by atoms with Gasteiger partial charge in [0.25, 0.3) is 0 Å². The Hall–Kier alpha value is -3.77. The molecule has 0 bridgehead atoms. The van der Waals surface area contributed by atoms with Crippen molar-refractivity contribution in [2.45, 2.75) is 19.7 Å². The van der Waals surface area contributed by atoms with Gasteiger partial charge in [-0.05, 0) is 54.1 Å². The largest absolute Gasteiger partial charge is 0.383 e. The minimum Gasteiger partial charge on any atom is -0.383 e. The minimum atomic E-state index is 0.413. The van der Waals surface area contributed by atoms with Crippen LogP contribution in [-0.4, -0.2) is 24.5 Å². The van der Waals surface area contributed by atoms with Crippen molar-refractivity contribution >= 4 is 28.6 Å². The summed E-state index contributed by atoms with van der Waals surface area (Å²) in [6.45, 7) is 4.00. The smallest absolute Gasteiger partial charge is 0.165 e. The Balaban J connectivity index is 0.00000119. The van der Waals surface area contributed by atoms with Gasteiger partial charge in [0.05, 0.1) is 17.0 Å². The number of aromatic nitrogens is 5. The number of anilines is 1. The normalized spacial score (nSPS) is 10.6. The molecule has 160 valence electrons. The van der Waals surface area contributed by atoms with Crippen LogP contribution in [0.2, 0.25) is 0 Å². The summed E-state index contributed by atoms with van der Waals surface area (Å²) in [4.78, 5) is 18.4. The van der Waals surface area contributed by atoms with Crippen LogP contribution in [0.4, 0.5) is 5.82 Å². The number of nitrogens with zero attached hydrogens (tertiary/aromatic N) is 5. The first kappa shape index (κ1) is 21.5. The van der Waals surface area contributed by atoms with E-state index >= 15 is 0 Å². The van der Waals surface area contributed by atoms with Crippen molar-refractivity contribution in [2.75, 3.05) is 5.73 Å². The van der Waals surface area contributed by atoms with Crippen LogP contribution in [0.5, 0.6) is 0 Å². The summed E-state index contributed by atoms with van der Waals surface area (Å²) in [5, 5.41) is 0. The van der Waals surface area contributed by atoms with Crippen molar-refractivity contribution in [3.63, 3.8) is 0 Å². The third-order valence-electron chi connectivity index (χ3n) is 4.86. The lowest BCUT2D eigenvalue weighted by atomic mass is 10.2. The Kier molecular flexibility index (Phi) is 6.42. The summed E-state index contributed by atoms with van der Waals surface area (Å²) >= 11 is 5.97. The van der Waals surface area contributed by atoms with Crippen molar-refractivity contribution in [1.82, 2.24) is 24.5 Å². The molecule has 0 radical (unpaired) electrons. The molecule has 6 nitrogen and oxygen atoms in total. The average Bonchev–Trinajstić information content (AvgIpc) is 3.24. The number of hydrogen-bond donors (Lipinski definition) is 1. The van der Waals surface area contributed by atoms with Gasteiger partial charge in [-0.2, -0.15) is 0 Å². The summed E-state index contributed by atoms with van der Waals surface area (Å²) < 4.78 is 1.99. The fourth-order valence-electron chi connectivity index (χ4n) is 3.38. The predicted molar refractivity (Wildman–Crippen MR) is 131 cm³/mol. The number of rotatable bonds is 4. The molecular formula is C25H23ClN6. The van der Waals surface area contributed by atoms with E-state index < -0.39 is 0 Å². The molecule has 0 unspecified atom stereocenters. The number of alkyl halides is 1. The van der Waals surface area contributed by atoms with Crippen molar-refractivity contribution < 1.29 is 0 Å². The van der Waals surface area contributed by atoms with E-state index in [2.05, 4.69) is 9.97 Å². The number of benzene rings is 1. The summed E-state index contributed by atoms with van der Waals surface area (Å²) in [6, 6.07) is 21.4. The summed E-state index contributed by atoms with van der Waals surface area (Å²) in [7, 11) is 0. The summed E-state index contributed by atoms with van der Waals surface area (Å²) in [6.07, 6.45) is 3.42. The number of nitrogens with two attached hydrogens (primary N) is 1. The maximum Gasteiger partial charge on any atom is 0.165 e. The first-order valence-corrected chi connectivity index (χ1v) is 10.9. The molecule has 0 saturated carbocycles. The average molecular weight is 443 g/mol. The van der Waals surface area contributed by atoms with E-state index in [1.807, 2.05) is 85.1 Å². The van der Waals surface area contributed by atoms with E-state index in [1.54, 1.807) is 12.4 Å². The van der Waals surface area contributed by atoms with Crippen LogP contribution in [0.15, 0.2) is 79.1 Å². The molecule has 0 atom stereocenters. The Bertz CT molecular complexity index is 1330. The van der Waals surface area contributed by atoms with Gasteiger partial charge in [-0.25, -0.2) is 15.0 Å². The highest BCUT2D eigenvalue weighted by molar-refractivity contribution is 6.17. The molecular weight excluding hydrogens is 420 g/mol. The van der Waals surface area contributed by atoms with E-state index in [1.165, 1.54) is 0 Å². The molecule has 0 spiro atoms. The molecule has 0 amide bonds. The van der Waals surface area contributed by atoms with E-state index in [0.29, 0.717) is 17.5 Å². The molecule has 0 fully saturated rings. The highest BCUT2D eigenvalue weighted by atomic mass is 35.5. The van der Waals surface area contributed by atoms with Crippen LogP contribution >= 0.6 is 11.6 Å². The second-order valence-corrected chi connectivity index (χ2v) is 7.03. The molecule has 5 rings (SSSR count). The lowest BCUT2D eigenvalue weighted by Crippen LogP contribution is -2.02. The number of hydrogen-bond acceptors (Lipinski definition) is 5. The van der Waals surface area contributed by atoms with Gasteiger partial charge in [-0.1, -0.05) is 32.0 Å². The molecule has 5 aromatic rings. The molecule has 4 aromatic heterocycles. The number of imidazole rings is 1. The van der Waals surface area contributed by atoms with Gasteiger partial charge in [-0.3, -0.25) is 9.55 Å². The third kappa shape index (κ3) is 4.05. The quantitative estimate of drug-likeness (QED) is 0.351. The number of halogens is 1. The standard InChI is InChI=1S/C23H17ClN6.C2H6/c24-14-15-6-8-16(9-7-15)30-22(17-4-3-13-27-21(17)25)29-20-11-10-19(28-23(20)30)18-5-1-2-12-26-18;1-2/h1-13H,14H2,(H2,25,27);1-2H3. The maximum absolute atomic E-state index is 6.18. The first-order valence-electron chi connectivity index (χ1n) is 10.4. The Morgan fingerprint density at radius 1 is 0.812 bits per heavy atom. The number of nitrogen functional groups attached to an aromatic ring is 1. The summed E-state index contributed by atoms with van der Waals surface area (Å²) in [5.74, 6) is 1.55. The highest BCUT2D eigenvalue weighted by Crippen LogP contribution is 2.31. The monoisotopic (exact) mass is 442 g/mol. The second-order valence-electron chi connectivity index (χ2n) is 6.76. The van der Waals surface area contributed by atoms with Gasteiger partial charge >= 0.3 is 0 Å². The Morgan fingerprint density at radius 2 is 1.59 bits per heavy atom. The number of fused-ring (bicyclic) bond motifs is 1. The van der Waals surface area contributed by atoms with Crippen molar-refractivity contribution in [3.8, 4) is 28.5 Å². The van der Waals surface area contributed by atoms with Crippen LogP contribution in [0.25, 0.3) is 39.6 Å². The van der Waals surface area contributed by atoms with E-state index in [9.17, 15) is 0 Å². The fourth-order valence-corrected chi connectivity index (χ4v) is 3.56. The molecule has 1 aromatic carbocycles. The van der Waals surface area contributed by atoms with Crippen molar-refractivity contribution in [1.29, 1.82) is 0 Å². The predicted octanol–water partition coefficient (Wildman–Crippen LogP) is 5.89. The second kappa shape index (κ2) is 9.58. The van der Waals surface area contributed by atoms with Gasteiger partial charge in [0, 0.05) is 24.0 Å². The van der Waals surface area contributed by atoms with Crippen LogP contribution in [0.3, 0.4) is 0 Å². The molecule has 2 N–H and O–H groups in total. The van der Waals surface area contributed by atoms with Gasteiger partial charge < -0.3 is 5.73 Å². The lowest BCUT2D eigenvalue weighted by Gasteiger charge is -2.11. The SMILES string of the molecule is CC.Nc1ncccc1-c1nc2ccc(-c3ccccn3)nc2n1-c1ccc(CCl)cc1. The molecule has 7 heteroatoms. The van der Waals surface area contributed by atoms with Gasteiger partial charge in [0.2, 0.25) is 0 Å². The van der Waals surface area contributed by atoms with Gasteiger partial charge in [-0.15, -0.1) is 11.6 Å². The van der Waals surface area contributed by atoms with E-state index in [0.717, 1.165) is 39.4 Å².